The van der Waals surface area contributed by atoms with Crippen LogP contribution < -0.4 is 10.6 Å². The van der Waals surface area contributed by atoms with E-state index in [1.54, 1.807) is 25.6 Å². The molecule has 1 aliphatic carbocycles. The van der Waals surface area contributed by atoms with E-state index in [4.69, 9.17) is 9.72 Å². The van der Waals surface area contributed by atoms with E-state index in [9.17, 15) is 9.18 Å². The van der Waals surface area contributed by atoms with Gasteiger partial charge in [0.15, 0.2) is 23.1 Å². The number of aryl methyl sites for hydroxylation is 1. The summed E-state index contributed by atoms with van der Waals surface area (Å²) in [7, 11) is 1.59. The summed E-state index contributed by atoms with van der Waals surface area (Å²) in [5.74, 6) is 1.36. The third kappa shape index (κ3) is 5.27. The van der Waals surface area contributed by atoms with Gasteiger partial charge < -0.3 is 19.8 Å². The Morgan fingerprint density at radius 3 is 2.68 bits per heavy atom. The average Bonchev–Trinajstić information content (AvgIpc) is 3.74. The number of nitrogens with zero attached hydrogens (tertiary/aromatic N) is 7. The van der Waals surface area contributed by atoms with Gasteiger partial charge >= 0.3 is 0 Å². The maximum atomic E-state index is 13.5. The normalized spacial score (nSPS) is 19.8. The number of ether oxygens (including phenoxy) is 1. The van der Waals surface area contributed by atoms with Crippen molar-refractivity contribution in [2.75, 3.05) is 12.4 Å². The quantitative estimate of drug-likeness (QED) is 0.258. The van der Waals surface area contributed by atoms with Crippen molar-refractivity contribution in [2.24, 2.45) is 0 Å². The van der Waals surface area contributed by atoms with Crippen molar-refractivity contribution >= 4 is 23.2 Å². The van der Waals surface area contributed by atoms with Crippen LogP contribution >= 0.6 is 0 Å². The zero-order valence-electron chi connectivity index (χ0n) is 23.0. The van der Waals surface area contributed by atoms with Crippen LogP contribution in [-0.4, -0.2) is 57.9 Å². The molecule has 12 nitrogen and oxygen atoms in total. The molecule has 5 aromatic heterocycles. The SMILES string of the molecule is COC1(C(=O)N[C@@H](C)c2ccc(-n3cc(F)cn3)nc2)CCC(c2nc(Nc3cc(C)[nH]n3)cn3ccnc23)CC1. The topological polar surface area (TPSA) is 140 Å². The number of carbonyl (C=O) groups is 1. The second kappa shape index (κ2) is 10.7. The predicted molar refractivity (Wildman–Crippen MR) is 148 cm³/mol. The molecule has 41 heavy (non-hydrogen) atoms. The number of halogens is 1. The first-order valence-electron chi connectivity index (χ1n) is 13.5. The highest BCUT2D eigenvalue weighted by molar-refractivity contribution is 5.85. The molecule has 0 spiro atoms. The standard InChI is InChI=1S/C28H31FN10O2/c1-17-12-22(37-36-17)34-23-16-38-11-10-30-26(38)25(35-23)19-6-8-28(41-3,9-7-19)27(40)33-18(2)20-4-5-24(31-13-20)39-15-21(29)14-32-39/h4-5,10-16,18-19H,6-9H2,1-3H3,(H,33,40)(H2,34,36,37)/t18-,19?,28?/m0/s1. The molecule has 0 radical (unpaired) electrons. The van der Waals surface area contributed by atoms with E-state index in [-0.39, 0.29) is 17.9 Å². The second-order valence-electron chi connectivity index (χ2n) is 10.5. The first-order chi connectivity index (χ1) is 19.8. The number of H-pyrrole nitrogens is 1. The van der Waals surface area contributed by atoms with E-state index in [0.717, 1.165) is 28.8 Å². The van der Waals surface area contributed by atoms with Crippen molar-refractivity contribution in [1.82, 2.24) is 44.6 Å². The predicted octanol–water partition coefficient (Wildman–Crippen LogP) is 4.14. The fourth-order valence-corrected chi connectivity index (χ4v) is 5.41. The van der Waals surface area contributed by atoms with Gasteiger partial charge in [-0.2, -0.15) is 10.2 Å². The molecular formula is C28H31FN10O2. The third-order valence-corrected chi connectivity index (χ3v) is 7.75. The molecular weight excluding hydrogens is 527 g/mol. The van der Waals surface area contributed by atoms with E-state index >= 15 is 0 Å². The van der Waals surface area contributed by atoms with Gasteiger partial charge in [0.05, 0.1) is 30.3 Å². The van der Waals surface area contributed by atoms with Gasteiger partial charge in [0.2, 0.25) is 0 Å². The second-order valence-corrected chi connectivity index (χ2v) is 10.5. The average molecular weight is 559 g/mol. The number of anilines is 2. The Morgan fingerprint density at radius 2 is 2.02 bits per heavy atom. The van der Waals surface area contributed by atoms with Gasteiger partial charge in [-0.1, -0.05) is 6.07 Å². The van der Waals surface area contributed by atoms with Gasteiger partial charge in [-0.05, 0) is 51.2 Å². The molecule has 5 heterocycles. The Bertz CT molecular complexity index is 1670. The number of carbonyl (C=O) groups excluding carboxylic acids is 1. The molecule has 1 amide bonds. The Balaban J connectivity index is 1.14. The van der Waals surface area contributed by atoms with Gasteiger partial charge in [-0.3, -0.25) is 9.89 Å². The molecule has 0 aliphatic heterocycles. The lowest BCUT2D eigenvalue weighted by Crippen LogP contribution is -2.50. The van der Waals surface area contributed by atoms with Gasteiger partial charge in [0, 0.05) is 43.4 Å². The smallest absolute Gasteiger partial charge is 0.252 e. The summed E-state index contributed by atoms with van der Waals surface area (Å²) < 4.78 is 22.5. The molecule has 0 aromatic carbocycles. The largest absolute Gasteiger partial charge is 0.368 e. The summed E-state index contributed by atoms with van der Waals surface area (Å²) in [6.45, 7) is 3.84. The zero-order chi connectivity index (χ0) is 28.6. The van der Waals surface area contributed by atoms with Crippen LogP contribution in [0.2, 0.25) is 0 Å². The fourth-order valence-electron chi connectivity index (χ4n) is 5.41. The summed E-state index contributed by atoms with van der Waals surface area (Å²) >= 11 is 0. The van der Waals surface area contributed by atoms with Crippen LogP contribution in [-0.2, 0) is 9.53 Å². The van der Waals surface area contributed by atoms with Gasteiger partial charge in [0.1, 0.15) is 11.4 Å². The van der Waals surface area contributed by atoms with Crippen LogP contribution in [0.15, 0.2) is 55.4 Å². The van der Waals surface area contributed by atoms with Crippen LogP contribution in [0, 0.1) is 12.7 Å². The minimum absolute atomic E-state index is 0.111. The number of aromatic nitrogens is 8. The monoisotopic (exact) mass is 558 g/mol. The number of fused-ring (bicyclic) bond motifs is 1. The van der Waals surface area contributed by atoms with E-state index in [1.807, 2.05) is 42.8 Å². The molecule has 1 saturated carbocycles. The number of imidazole rings is 1. The van der Waals surface area contributed by atoms with Crippen LogP contribution in [0.3, 0.4) is 0 Å². The maximum absolute atomic E-state index is 13.5. The highest BCUT2D eigenvalue weighted by Gasteiger charge is 2.43. The van der Waals surface area contributed by atoms with Crippen LogP contribution in [0.5, 0.6) is 0 Å². The molecule has 0 saturated heterocycles. The number of methoxy groups -OCH3 is 1. The Hall–Kier alpha value is -4.65. The van der Waals surface area contributed by atoms with Gasteiger partial charge in [-0.25, -0.2) is 24.0 Å². The highest BCUT2D eigenvalue weighted by Crippen LogP contribution is 2.41. The van der Waals surface area contributed by atoms with Crippen molar-refractivity contribution < 1.29 is 13.9 Å². The summed E-state index contributed by atoms with van der Waals surface area (Å²) in [4.78, 5) is 27.4. The summed E-state index contributed by atoms with van der Waals surface area (Å²) in [5, 5.41) is 17.5. The van der Waals surface area contributed by atoms with Crippen molar-refractivity contribution in [3.05, 3.63) is 78.1 Å². The number of hydrogen-bond donors (Lipinski definition) is 3. The molecule has 1 atom stereocenters. The first kappa shape index (κ1) is 26.6. The lowest BCUT2D eigenvalue weighted by atomic mass is 9.76. The minimum atomic E-state index is -0.946. The minimum Gasteiger partial charge on any atom is -0.368 e. The zero-order valence-corrected chi connectivity index (χ0v) is 23.0. The van der Waals surface area contributed by atoms with Crippen LogP contribution in [0.25, 0.3) is 11.5 Å². The van der Waals surface area contributed by atoms with Crippen molar-refractivity contribution in [1.29, 1.82) is 0 Å². The molecule has 13 heteroatoms. The molecule has 1 aliphatic rings. The van der Waals surface area contributed by atoms with E-state index in [2.05, 4.69) is 35.9 Å². The number of pyridine rings is 1. The molecule has 6 rings (SSSR count). The first-order valence-corrected chi connectivity index (χ1v) is 13.5. The van der Waals surface area contributed by atoms with Crippen molar-refractivity contribution in [2.45, 2.75) is 57.1 Å². The number of rotatable bonds is 8. The molecule has 212 valence electrons. The van der Waals surface area contributed by atoms with E-state index in [1.165, 1.54) is 10.9 Å². The lowest BCUT2D eigenvalue weighted by Gasteiger charge is -2.38. The van der Waals surface area contributed by atoms with Crippen LogP contribution in [0.1, 0.15) is 61.5 Å². The fraction of sp³-hybridized carbons (Fsp3) is 0.357. The van der Waals surface area contributed by atoms with E-state index < -0.39 is 11.4 Å². The number of nitrogens with one attached hydrogen (secondary N) is 3. The van der Waals surface area contributed by atoms with E-state index in [0.29, 0.717) is 43.1 Å². The third-order valence-electron chi connectivity index (χ3n) is 7.75. The Kier molecular flexibility index (Phi) is 6.95. The van der Waals surface area contributed by atoms with Crippen LogP contribution in [0.4, 0.5) is 16.0 Å². The molecule has 0 bridgehead atoms. The van der Waals surface area contributed by atoms with Gasteiger partial charge in [-0.15, -0.1) is 0 Å². The summed E-state index contributed by atoms with van der Waals surface area (Å²) in [6, 6.07) is 5.19. The highest BCUT2D eigenvalue weighted by atomic mass is 19.1. The van der Waals surface area contributed by atoms with Gasteiger partial charge in [0.25, 0.3) is 5.91 Å². The van der Waals surface area contributed by atoms with Crippen molar-refractivity contribution in [3.63, 3.8) is 0 Å². The summed E-state index contributed by atoms with van der Waals surface area (Å²) in [5.41, 5.74) is 2.51. The maximum Gasteiger partial charge on any atom is 0.252 e. The molecule has 5 aromatic rings. The Labute approximate surface area is 235 Å². The number of hydrogen-bond acceptors (Lipinski definition) is 8. The Morgan fingerprint density at radius 1 is 1.20 bits per heavy atom. The lowest BCUT2D eigenvalue weighted by molar-refractivity contribution is -0.148. The number of amides is 1. The van der Waals surface area contributed by atoms with Crippen molar-refractivity contribution in [3.8, 4) is 5.82 Å². The molecule has 3 N–H and O–H groups in total. The summed E-state index contributed by atoms with van der Waals surface area (Å²) in [6.07, 6.45) is 12.1. The molecule has 0 unspecified atom stereocenters. The molecule has 1 fully saturated rings. The number of aromatic amines is 1.